The number of nitrogens with zero attached hydrogens (tertiary/aromatic N) is 1. The molecule has 0 saturated carbocycles. The fourth-order valence-electron chi connectivity index (χ4n) is 3.99. The first kappa shape index (κ1) is 21.3. The number of anilines is 1. The van der Waals surface area contributed by atoms with Crippen molar-refractivity contribution in [3.8, 4) is 0 Å². The second kappa shape index (κ2) is 8.67. The molecule has 2 aliphatic heterocycles. The van der Waals surface area contributed by atoms with Gasteiger partial charge in [-0.05, 0) is 62.2 Å². The molecule has 6 nitrogen and oxygen atoms in total. The molecule has 0 bridgehead atoms. The summed E-state index contributed by atoms with van der Waals surface area (Å²) in [6.07, 6.45) is 2.37. The van der Waals surface area contributed by atoms with Gasteiger partial charge < -0.3 is 20.3 Å². The monoisotopic (exact) mass is 447 g/mol. The summed E-state index contributed by atoms with van der Waals surface area (Å²) in [6.45, 7) is 3.80. The standard InChI is InChI=1S/C22H26ClN3O3S/c1-14-11-15-3-4-17(12-16(15)7-9-26(14)2)24-21(28)22(8-10-29-13-22)25-20(27)18-5-6-19(23)30-18/h3-6,12,14H,7-11,13H2,1-2H3,(H,24,28)(H,25,27)/t14-,22-/m0/s1. The Morgan fingerprint density at radius 3 is 2.80 bits per heavy atom. The first-order chi connectivity index (χ1) is 14.4. The Kier molecular flexibility index (Phi) is 6.16. The fraction of sp³-hybridized carbons (Fsp3) is 0.455. The van der Waals surface area contributed by atoms with Gasteiger partial charge in [0.1, 0.15) is 5.54 Å². The lowest BCUT2D eigenvalue weighted by atomic mass is 9.96. The number of hydrogen-bond acceptors (Lipinski definition) is 5. The molecule has 4 rings (SSSR count). The van der Waals surface area contributed by atoms with Crippen molar-refractivity contribution in [2.45, 2.75) is 37.8 Å². The maximum Gasteiger partial charge on any atom is 0.262 e. The first-order valence-electron chi connectivity index (χ1n) is 10.2. The summed E-state index contributed by atoms with van der Waals surface area (Å²) in [4.78, 5) is 28.7. The van der Waals surface area contributed by atoms with E-state index in [1.807, 2.05) is 6.07 Å². The number of carbonyl (C=O) groups is 2. The van der Waals surface area contributed by atoms with Crippen LogP contribution in [-0.2, 0) is 22.4 Å². The van der Waals surface area contributed by atoms with E-state index >= 15 is 0 Å². The third-order valence-electron chi connectivity index (χ3n) is 6.07. The first-order valence-corrected chi connectivity index (χ1v) is 11.3. The van der Waals surface area contributed by atoms with Crippen LogP contribution in [0, 0.1) is 0 Å². The minimum atomic E-state index is -1.09. The van der Waals surface area contributed by atoms with Crippen LogP contribution in [0.5, 0.6) is 0 Å². The molecule has 2 N–H and O–H groups in total. The SMILES string of the molecule is C[C@H]1Cc2ccc(NC(=O)[C@]3(NC(=O)c4ccc(Cl)s4)CCOC3)cc2CCN1C. The van der Waals surface area contributed by atoms with Crippen LogP contribution in [0.15, 0.2) is 30.3 Å². The lowest BCUT2D eigenvalue weighted by molar-refractivity contribution is -0.122. The second-order valence-corrected chi connectivity index (χ2v) is 9.88. The Hall–Kier alpha value is -1.93. The summed E-state index contributed by atoms with van der Waals surface area (Å²) in [5.74, 6) is -0.568. The molecule has 0 radical (unpaired) electrons. The molecule has 2 amide bonds. The molecule has 1 fully saturated rings. The number of carbonyl (C=O) groups excluding carboxylic acids is 2. The van der Waals surface area contributed by atoms with Crippen molar-refractivity contribution in [3.63, 3.8) is 0 Å². The summed E-state index contributed by atoms with van der Waals surface area (Å²) in [5, 5.41) is 5.90. The number of fused-ring (bicyclic) bond motifs is 1. The van der Waals surface area contributed by atoms with Gasteiger partial charge in [-0.3, -0.25) is 9.59 Å². The minimum Gasteiger partial charge on any atom is -0.378 e. The van der Waals surface area contributed by atoms with E-state index in [4.69, 9.17) is 16.3 Å². The Morgan fingerprint density at radius 2 is 2.10 bits per heavy atom. The lowest BCUT2D eigenvalue weighted by Gasteiger charge is -2.27. The summed E-state index contributed by atoms with van der Waals surface area (Å²) >= 11 is 7.13. The maximum atomic E-state index is 13.2. The zero-order valence-corrected chi connectivity index (χ0v) is 18.7. The predicted molar refractivity (Wildman–Crippen MR) is 120 cm³/mol. The van der Waals surface area contributed by atoms with Crippen molar-refractivity contribution in [1.29, 1.82) is 0 Å². The van der Waals surface area contributed by atoms with E-state index in [2.05, 4.69) is 41.6 Å². The van der Waals surface area contributed by atoms with E-state index < -0.39 is 5.54 Å². The van der Waals surface area contributed by atoms with Crippen molar-refractivity contribution in [2.24, 2.45) is 0 Å². The molecular weight excluding hydrogens is 422 g/mol. The third-order valence-corrected chi connectivity index (χ3v) is 7.30. The van der Waals surface area contributed by atoms with Crippen molar-refractivity contribution in [3.05, 3.63) is 50.7 Å². The molecule has 2 aromatic rings. The van der Waals surface area contributed by atoms with Crippen molar-refractivity contribution in [2.75, 3.05) is 32.1 Å². The summed E-state index contributed by atoms with van der Waals surface area (Å²) in [5.41, 5.74) is 2.25. The maximum absolute atomic E-state index is 13.2. The van der Waals surface area contributed by atoms with E-state index in [-0.39, 0.29) is 18.4 Å². The number of nitrogens with one attached hydrogen (secondary N) is 2. The Morgan fingerprint density at radius 1 is 1.27 bits per heavy atom. The summed E-state index contributed by atoms with van der Waals surface area (Å²) in [6, 6.07) is 9.93. The largest absolute Gasteiger partial charge is 0.378 e. The molecule has 8 heteroatoms. The highest BCUT2D eigenvalue weighted by atomic mass is 35.5. The number of hydrogen-bond donors (Lipinski definition) is 2. The summed E-state index contributed by atoms with van der Waals surface area (Å²) < 4.78 is 6.02. The number of amides is 2. The van der Waals surface area contributed by atoms with Crippen LogP contribution >= 0.6 is 22.9 Å². The van der Waals surface area contributed by atoms with E-state index in [9.17, 15) is 9.59 Å². The molecule has 2 aliphatic rings. The summed E-state index contributed by atoms with van der Waals surface area (Å²) in [7, 11) is 2.15. The average molecular weight is 448 g/mol. The predicted octanol–water partition coefficient (Wildman–Crippen LogP) is 3.35. The molecule has 3 heterocycles. The van der Waals surface area contributed by atoms with Crippen LogP contribution in [0.4, 0.5) is 5.69 Å². The molecule has 0 spiro atoms. The van der Waals surface area contributed by atoms with Gasteiger partial charge in [-0.1, -0.05) is 17.7 Å². The second-order valence-electron chi connectivity index (χ2n) is 8.16. The average Bonchev–Trinajstić information content (AvgIpc) is 3.34. The molecule has 0 aliphatic carbocycles. The molecule has 0 unspecified atom stereocenters. The van der Waals surface area contributed by atoms with Gasteiger partial charge in [0.05, 0.1) is 15.8 Å². The number of benzene rings is 1. The van der Waals surface area contributed by atoms with Gasteiger partial charge >= 0.3 is 0 Å². The minimum absolute atomic E-state index is 0.150. The zero-order chi connectivity index (χ0) is 21.3. The van der Waals surface area contributed by atoms with Crippen LogP contribution < -0.4 is 10.6 Å². The molecule has 160 valence electrons. The number of halogens is 1. The van der Waals surface area contributed by atoms with E-state index in [0.717, 1.165) is 25.1 Å². The van der Waals surface area contributed by atoms with Gasteiger partial charge in [0.2, 0.25) is 0 Å². The van der Waals surface area contributed by atoms with Gasteiger partial charge in [-0.15, -0.1) is 11.3 Å². The molecule has 1 aromatic carbocycles. The third kappa shape index (κ3) is 4.39. The van der Waals surface area contributed by atoms with Crippen LogP contribution in [0.3, 0.4) is 0 Å². The van der Waals surface area contributed by atoms with Gasteiger partial charge in [-0.25, -0.2) is 0 Å². The van der Waals surface area contributed by atoms with Crippen LogP contribution in [0.25, 0.3) is 0 Å². The number of rotatable bonds is 4. The van der Waals surface area contributed by atoms with Gasteiger partial charge in [-0.2, -0.15) is 0 Å². The molecule has 2 atom stereocenters. The van der Waals surface area contributed by atoms with Crippen LogP contribution in [0.1, 0.15) is 34.1 Å². The van der Waals surface area contributed by atoms with Crippen LogP contribution in [-0.4, -0.2) is 55.1 Å². The van der Waals surface area contributed by atoms with Gasteiger partial charge in [0.25, 0.3) is 11.8 Å². The van der Waals surface area contributed by atoms with Crippen LogP contribution in [0.2, 0.25) is 4.34 Å². The Bertz CT molecular complexity index is 955. The number of ether oxygens (including phenoxy) is 1. The molecule has 30 heavy (non-hydrogen) atoms. The van der Waals surface area contributed by atoms with Crippen molar-refractivity contribution < 1.29 is 14.3 Å². The Balaban J connectivity index is 1.50. The van der Waals surface area contributed by atoms with Gasteiger partial charge in [0.15, 0.2) is 0 Å². The van der Waals surface area contributed by atoms with E-state index in [1.165, 1.54) is 22.5 Å². The number of thiophene rings is 1. The zero-order valence-electron chi connectivity index (χ0n) is 17.2. The van der Waals surface area contributed by atoms with Crippen molar-refractivity contribution >= 4 is 40.4 Å². The molecule has 1 aromatic heterocycles. The topological polar surface area (TPSA) is 70.7 Å². The highest BCUT2D eigenvalue weighted by molar-refractivity contribution is 7.18. The quantitative estimate of drug-likeness (QED) is 0.754. The normalized spacial score (nSPS) is 24.2. The highest BCUT2D eigenvalue weighted by Crippen LogP contribution is 2.27. The lowest BCUT2D eigenvalue weighted by Crippen LogP contribution is -2.57. The molecule has 1 saturated heterocycles. The smallest absolute Gasteiger partial charge is 0.262 e. The van der Waals surface area contributed by atoms with Gasteiger partial charge in [0, 0.05) is 31.3 Å². The Labute approximate surface area is 185 Å². The van der Waals surface area contributed by atoms with E-state index in [0.29, 0.717) is 28.3 Å². The fourth-order valence-corrected chi connectivity index (χ4v) is 4.93. The van der Waals surface area contributed by atoms with Crippen molar-refractivity contribution in [1.82, 2.24) is 10.2 Å². The molecular formula is C22H26ClN3O3S. The highest BCUT2D eigenvalue weighted by Gasteiger charge is 2.44. The number of likely N-dealkylation sites (N-methyl/N-ethyl adjacent to an activating group) is 1. The van der Waals surface area contributed by atoms with E-state index in [1.54, 1.807) is 12.1 Å².